The fourth-order valence-electron chi connectivity index (χ4n) is 2.28. The molecule has 2 nitrogen and oxygen atoms in total. The minimum Gasteiger partial charge on any atom is -0.378 e. The second-order valence-electron chi connectivity index (χ2n) is 6.88. The fourth-order valence-corrected chi connectivity index (χ4v) is 3.40. The third-order valence-electron chi connectivity index (χ3n) is 3.76. The molecule has 0 aliphatic carbocycles. The van der Waals surface area contributed by atoms with Gasteiger partial charge < -0.3 is 5.32 Å². The minimum atomic E-state index is 0.119. The third-order valence-corrected chi connectivity index (χ3v) is 5.52. The Labute approximate surface area is 132 Å². The number of anilines is 1. The highest BCUT2D eigenvalue weighted by molar-refractivity contribution is 7.12. The SMILES string of the molecule is Cc1ccc(NC(C)c2sc(C(C)(C)C)nc2C)cc1C. The molecule has 114 valence electrons. The summed E-state index contributed by atoms with van der Waals surface area (Å²) in [6.07, 6.45) is 0. The minimum absolute atomic E-state index is 0.119. The number of rotatable bonds is 3. The maximum Gasteiger partial charge on any atom is 0.0985 e. The van der Waals surface area contributed by atoms with E-state index in [-0.39, 0.29) is 11.5 Å². The van der Waals surface area contributed by atoms with E-state index in [9.17, 15) is 0 Å². The summed E-state index contributed by atoms with van der Waals surface area (Å²) in [6.45, 7) is 15.3. The van der Waals surface area contributed by atoms with Crippen LogP contribution >= 0.6 is 11.3 Å². The van der Waals surface area contributed by atoms with Gasteiger partial charge in [-0.1, -0.05) is 26.8 Å². The van der Waals surface area contributed by atoms with Crippen LogP contribution in [-0.4, -0.2) is 4.98 Å². The van der Waals surface area contributed by atoms with E-state index in [1.54, 1.807) is 0 Å². The van der Waals surface area contributed by atoms with Crippen molar-refractivity contribution in [3.8, 4) is 0 Å². The van der Waals surface area contributed by atoms with Crippen molar-refractivity contribution < 1.29 is 0 Å². The van der Waals surface area contributed by atoms with E-state index in [0.29, 0.717) is 0 Å². The lowest BCUT2D eigenvalue weighted by molar-refractivity contribution is 0.584. The smallest absolute Gasteiger partial charge is 0.0985 e. The van der Waals surface area contributed by atoms with Crippen molar-refractivity contribution in [2.45, 2.75) is 59.9 Å². The zero-order valence-electron chi connectivity index (χ0n) is 14.2. The maximum atomic E-state index is 4.75. The van der Waals surface area contributed by atoms with Gasteiger partial charge in [0.1, 0.15) is 0 Å². The van der Waals surface area contributed by atoms with E-state index < -0.39 is 0 Å². The van der Waals surface area contributed by atoms with Gasteiger partial charge in [0.2, 0.25) is 0 Å². The Bertz CT molecular complexity index is 635. The molecule has 0 saturated carbocycles. The summed E-state index contributed by atoms with van der Waals surface area (Å²) in [6, 6.07) is 6.82. The quantitative estimate of drug-likeness (QED) is 0.805. The van der Waals surface area contributed by atoms with E-state index in [4.69, 9.17) is 4.98 Å². The van der Waals surface area contributed by atoms with Crippen LogP contribution in [0.15, 0.2) is 18.2 Å². The Morgan fingerprint density at radius 1 is 1.10 bits per heavy atom. The van der Waals surface area contributed by atoms with Crippen LogP contribution in [0.4, 0.5) is 5.69 Å². The molecular weight excluding hydrogens is 276 g/mol. The van der Waals surface area contributed by atoms with E-state index in [1.165, 1.54) is 26.7 Å². The number of hydrogen-bond donors (Lipinski definition) is 1. The van der Waals surface area contributed by atoms with Gasteiger partial charge in [0.05, 0.1) is 16.7 Å². The van der Waals surface area contributed by atoms with Crippen LogP contribution < -0.4 is 5.32 Å². The molecule has 0 saturated heterocycles. The molecule has 0 bridgehead atoms. The second kappa shape index (κ2) is 5.80. The van der Waals surface area contributed by atoms with Gasteiger partial charge >= 0.3 is 0 Å². The van der Waals surface area contributed by atoms with Crippen LogP contribution in [0.2, 0.25) is 0 Å². The highest BCUT2D eigenvalue weighted by Crippen LogP contribution is 2.33. The highest BCUT2D eigenvalue weighted by atomic mass is 32.1. The standard InChI is InChI=1S/C18H26N2S/c1-11-8-9-15(10-12(11)2)19-13(3)16-14(4)20-17(21-16)18(5,6)7/h8-10,13,19H,1-7H3. The highest BCUT2D eigenvalue weighted by Gasteiger charge is 2.22. The number of aryl methyl sites for hydroxylation is 3. The van der Waals surface area contributed by atoms with Gasteiger partial charge in [-0.25, -0.2) is 4.98 Å². The van der Waals surface area contributed by atoms with Crippen molar-refractivity contribution in [1.29, 1.82) is 0 Å². The molecule has 1 heterocycles. The summed E-state index contributed by atoms with van der Waals surface area (Å²) in [5.41, 5.74) is 5.10. The van der Waals surface area contributed by atoms with Gasteiger partial charge in [0, 0.05) is 16.0 Å². The second-order valence-corrected chi connectivity index (χ2v) is 7.91. The topological polar surface area (TPSA) is 24.9 Å². The molecule has 1 aromatic heterocycles. The van der Waals surface area contributed by atoms with Crippen LogP contribution in [0.1, 0.15) is 60.4 Å². The van der Waals surface area contributed by atoms with Crippen LogP contribution in [-0.2, 0) is 5.41 Å². The van der Waals surface area contributed by atoms with E-state index in [0.717, 1.165) is 5.69 Å². The van der Waals surface area contributed by atoms with Crippen LogP contribution in [0.5, 0.6) is 0 Å². The average molecular weight is 302 g/mol. The van der Waals surface area contributed by atoms with Gasteiger partial charge in [0.15, 0.2) is 0 Å². The number of nitrogens with one attached hydrogen (secondary N) is 1. The van der Waals surface area contributed by atoms with Crippen LogP contribution in [0, 0.1) is 20.8 Å². The maximum absolute atomic E-state index is 4.75. The molecule has 0 aliphatic heterocycles. The molecule has 0 fully saturated rings. The normalized spacial score (nSPS) is 13.3. The predicted molar refractivity (Wildman–Crippen MR) is 93.5 cm³/mol. The Morgan fingerprint density at radius 2 is 1.76 bits per heavy atom. The molecule has 1 atom stereocenters. The summed E-state index contributed by atoms with van der Waals surface area (Å²) >= 11 is 1.83. The zero-order chi connectivity index (χ0) is 15.8. The molecule has 2 aromatic rings. The predicted octanol–water partition coefficient (Wildman–Crippen LogP) is 5.54. The Morgan fingerprint density at radius 3 is 2.29 bits per heavy atom. The lowest BCUT2D eigenvalue weighted by atomic mass is 9.98. The van der Waals surface area contributed by atoms with E-state index in [1.807, 2.05) is 11.3 Å². The molecular formula is C18H26N2S. The molecule has 0 aliphatic rings. The van der Waals surface area contributed by atoms with E-state index in [2.05, 4.69) is 72.0 Å². The number of thiazole rings is 1. The van der Waals surface area contributed by atoms with E-state index >= 15 is 0 Å². The molecule has 0 radical (unpaired) electrons. The van der Waals surface area contributed by atoms with Gasteiger partial charge in [-0.3, -0.25) is 0 Å². The first-order valence-corrected chi connectivity index (χ1v) is 8.31. The number of aromatic nitrogens is 1. The monoisotopic (exact) mass is 302 g/mol. The third kappa shape index (κ3) is 3.65. The van der Waals surface area contributed by atoms with Crippen LogP contribution in [0.3, 0.4) is 0 Å². The van der Waals surface area contributed by atoms with Gasteiger partial charge in [0.25, 0.3) is 0 Å². The number of benzene rings is 1. The molecule has 1 aromatic carbocycles. The van der Waals surface area contributed by atoms with Crippen LogP contribution in [0.25, 0.3) is 0 Å². The van der Waals surface area contributed by atoms with Crippen molar-refractivity contribution in [3.63, 3.8) is 0 Å². The molecule has 1 unspecified atom stereocenters. The first kappa shape index (κ1) is 16.0. The largest absolute Gasteiger partial charge is 0.378 e. The van der Waals surface area contributed by atoms with Crippen molar-refractivity contribution in [3.05, 3.63) is 44.9 Å². The first-order valence-electron chi connectivity index (χ1n) is 7.50. The number of hydrogen-bond acceptors (Lipinski definition) is 3. The zero-order valence-corrected chi connectivity index (χ0v) is 15.0. The molecule has 1 N–H and O–H groups in total. The van der Waals surface area contributed by atoms with Crippen molar-refractivity contribution >= 4 is 17.0 Å². The molecule has 3 heteroatoms. The van der Waals surface area contributed by atoms with Crippen molar-refractivity contribution in [2.75, 3.05) is 5.32 Å². The summed E-state index contributed by atoms with van der Waals surface area (Å²) in [7, 11) is 0. The Kier molecular flexibility index (Phi) is 4.43. The van der Waals surface area contributed by atoms with Gasteiger partial charge in [-0.15, -0.1) is 11.3 Å². The lowest BCUT2D eigenvalue weighted by Crippen LogP contribution is -2.10. The Balaban J connectivity index is 2.22. The fraction of sp³-hybridized carbons (Fsp3) is 0.500. The Hall–Kier alpha value is -1.35. The summed E-state index contributed by atoms with van der Waals surface area (Å²) < 4.78 is 0. The average Bonchev–Trinajstić information content (AvgIpc) is 2.76. The molecule has 0 amide bonds. The summed E-state index contributed by atoms with van der Waals surface area (Å²) in [4.78, 5) is 6.09. The molecule has 2 rings (SSSR count). The van der Waals surface area contributed by atoms with Crippen molar-refractivity contribution in [1.82, 2.24) is 4.98 Å². The number of nitrogens with zero attached hydrogens (tertiary/aromatic N) is 1. The van der Waals surface area contributed by atoms with Gasteiger partial charge in [-0.2, -0.15) is 0 Å². The first-order chi connectivity index (χ1) is 9.68. The molecule has 0 spiro atoms. The van der Waals surface area contributed by atoms with Gasteiger partial charge in [-0.05, 0) is 51.0 Å². The van der Waals surface area contributed by atoms with Crippen molar-refractivity contribution in [2.24, 2.45) is 0 Å². The lowest BCUT2D eigenvalue weighted by Gasteiger charge is -2.16. The summed E-state index contributed by atoms with van der Waals surface area (Å²) in [5.74, 6) is 0. The molecule has 21 heavy (non-hydrogen) atoms. The summed E-state index contributed by atoms with van der Waals surface area (Å²) in [5, 5.41) is 4.81.